The Balaban J connectivity index is 1.99. The smallest absolute Gasteiger partial charge is 0.270 e. The number of halogens is 1. The predicted octanol–water partition coefficient (Wildman–Crippen LogP) is 3.75. The monoisotopic (exact) mass is 454 g/mol. The summed E-state index contributed by atoms with van der Waals surface area (Å²) < 4.78 is 10.7. The molecule has 6 nitrogen and oxygen atoms in total. The first kappa shape index (κ1) is 22.3. The lowest BCUT2D eigenvalue weighted by Crippen LogP contribution is -2.54. The van der Waals surface area contributed by atoms with Crippen LogP contribution in [0.15, 0.2) is 42.0 Å². The molecule has 0 atom stereocenters. The zero-order chi connectivity index (χ0) is 22.5. The molecule has 0 saturated carbocycles. The summed E-state index contributed by atoms with van der Waals surface area (Å²) in [5.41, 5.74) is 2.06. The Labute approximate surface area is 190 Å². The third-order valence-electron chi connectivity index (χ3n) is 4.57. The lowest BCUT2D eigenvalue weighted by Gasteiger charge is -2.29. The predicted molar refractivity (Wildman–Crippen MR) is 124 cm³/mol. The first-order chi connectivity index (χ1) is 14.9. The van der Waals surface area contributed by atoms with Gasteiger partial charge in [0, 0.05) is 0 Å². The number of nitrogens with zero attached hydrogens (tertiary/aromatic N) is 1. The van der Waals surface area contributed by atoms with Gasteiger partial charge in [-0.05, 0) is 60.1 Å². The van der Waals surface area contributed by atoms with Gasteiger partial charge in [0.2, 0.25) is 0 Å². The number of benzene rings is 2. The minimum absolute atomic E-state index is 0.0145. The number of aryl methyl sites for hydroxylation is 1. The normalized spacial score (nSPS) is 15.0. The Kier molecular flexibility index (Phi) is 6.95. The third kappa shape index (κ3) is 4.71. The molecule has 3 rings (SSSR count). The van der Waals surface area contributed by atoms with E-state index in [9.17, 15) is 9.59 Å². The van der Waals surface area contributed by atoms with Gasteiger partial charge in [0.25, 0.3) is 11.8 Å². The fraction of sp³-hybridized carbons (Fsp3) is 0.174. The highest BCUT2D eigenvalue weighted by atomic mass is 35.5. The summed E-state index contributed by atoms with van der Waals surface area (Å²) in [6.45, 7) is 2.05. The van der Waals surface area contributed by atoms with Gasteiger partial charge in [0.15, 0.2) is 16.6 Å². The average Bonchev–Trinajstić information content (AvgIpc) is 2.76. The number of rotatable bonds is 6. The van der Waals surface area contributed by atoms with Gasteiger partial charge in [-0.2, -0.15) is 0 Å². The van der Waals surface area contributed by atoms with Crippen molar-refractivity contribution in [1.29, 1.82) is 0 Å². The maximum Gasteiger partial charge on any atom is 0.270 e. The molecule has 0 spiro atoms. The molecular formula is C23H19ClN2O4S. The molecule has 0 bridgehead atoms. The Morgan fingerprint density at radius 2 is 1.97 bits per heavy atom. The van der Waals surface area contributed by atoms with Crippen LogP contribution < -0.4 is 19.7 Å². The number of terminal acetylenes is 1. The van der Waals surface area contributed by atoms with Crippen LogP contribution in [0.5, 0.6) is 11.5 Å². The minimum Gasteiger partial charge on any atom is -0.493 e. The highest BCUT2D eigenvalue weighted by Gasteiger charge is 2.34. The lowest BCUT2D eigenvalue weighted by atomic mass is 10.1. The van der Waals surface area contributed by atoms with E-state index in [0.717, 1.165) is 12.0 Å². The number of carbonyl (C=O) groups excluding carboxylic acids is 2. The van der Waals surface area contributed by atoms with Crippen molar-refractivity contribution < 1.29 is 19.1 Å². The second-order valence-electron chi connectivity index (χ2n) is 6.50. The van der Waals surface area contributed by atoms with E-state index in [1.54, 1.807) is 24.3 Å². The molecule has 8 heteroatoms. The average molecular weight is 455 g/mol. The van der Waals surface area contributed by atoms with Crippen molar-refractivity contribution in [3.63, 3.8) is 0 Å². The third-order valence-corrected chi connectivity index (χ3v) is 5.13. The zero-order valence-corrected chi connectivity index (χ0v) is 18.5. The number of hydrogen-bond donors (Lipinski definition) is 1. The summed E-state index contributed by atoms with van der Waals surface area (Å²) in [7, 11) is 1.45. The van der Waals surface area contributed by atoms with Crippen molar-refractivity contribution in [3.8, 4) is 23.8 Å². The van der Waals surface area contributed by atoms with Crippen molar-refractivity contribution in [2.45, 2.75) is 13.3 Å². The summed E-state index contributed by atoms with van der Waals surface area (Å²) in [6.07, 6.45) is 7.51. The molecule has 2 amide bonds. The zero-order valence-electron chi connectivity index (χ0n) is 16.9. The first-order valence-corrected chi connectivity index (χ1v) is 10.1. The van der Waals surface area contributed by atoms with Crippen molar-refractivity contribution in [2.24, 2.45) is 0 Å². The summed E-state index contributed by atoms with van der Waals surface area (Å²) in [6, 6.07) is 10.5. The van der Waals surface area contributed by atoms with Crippen LogP contribution in [-0.2, 0) is 16.0 Å². The molecule has 1 saturated heterocycles. The van der Waals surface area contributed by atoms with Gasteiger partial charge in [0.1, 0.15) is 12.2 Å². The van der Waals surface area contributed by atoms with Crippen LogP contribution in [0.25, 0.3) is 6.08 Å². The number of carbonyl (C=O) groups is 2. The topological polar surface area (TPSA) is 67.9 Å². The summed E-state index contributed by atoms with van der Waals surface area (Å²) >= 11 is 11.5. The lowest BCUT2D eigenvalue weighted by molar-refractivity contribution is -0.122. The number of nitrogens with one attached hydrogen (secondary N) is 1. The van der Waals surface area contributed by atoms with Crippen molar-refractivity contribution in [1.82, 2.24) is 5.32 Å². The van der Waals surface area contributed by atoms with Gasteiger partial charge in [-0.15, -0.1) is 6.42 Å². The fourth-order valence-corrected chi connectivity index (χ4v) is 3.57. The van der Waals surface area contributed by atoms with E-state index >= 15 is 0 Å². The van der Waals surface area contributed by atoms with Gasteiger partial charge in [-0.25, -0.2) is 0 Å². The van der Waals surface area contributed by atoms with Crippen LogP contribution in [0.2, 0.25) is 5.02 Å². The van der Waals surface area contributed by atoms with Gasteiger partial charge in [-0.3, -0.25) is 19.8 Å². The van der Waals surface area contributed by atoms with E-state index in [0.29, 0.717) is 17.0 Å². The van der Waals surface area contributed by atoms with Crippen LogP contribution in [0.4, 0.5) is 5.69 Å². The van der Waals surface area contributed by atoms with E-state index in [4.69, 9.17) is 39.7 Å². The quantitative estimate of drug-likeness (QED) is 0.311. The Hall–Kier alpha value is -3.34. The van der Waals surface area contributed by atoms with E-state index < -0.39 is 11.8 Å². The second-order valence-corrected chi connectivity index (χ2v) is 7.30. The highest BCUT2D eigenvalue weighted by Crippen LogP contribution is 2.37. The van der Waals surface area contributed by atoms with Crippen molar-refractivity contribution in [3.05, 3.63) is 58.1 Å². The molecule has 0 aromatic heterocycles. The van der Waals surface area contributed by atoms with Gasteiger partial charge < -0.3 is 9.47 Å². The van der Waals surface area contributed by atoms with Crippen LogP contribution in [-0.4, -0.2) is 30.6 Å². The molecule has 1 heterocycles. The molecule has 1 aliphatic heterocycles. The maximum atomic E-state index is 13.2. The highest BCUT2D eigenvalue weighted by molar-refractivity contribution is 7.80. The number of anilines is 1. The summed E-state index contributed by atoms with van der Waals surface area (Å²) in [4.78, 5) is 27.0. The maximum absolute atomic E-state index is 13.2. The first-order valence-electron chi connectivity index (χ1n) is 9.33. The molecule has 158 valence electrons. The number of thiocarbonyl (C=S) groups is 1. The molecule has 2 aromatic rings. The summed E-state index contributed by atoms with van der Waals surface area (Å²) in [5, 5.41) is 2.81. The molecular weight excluding hydrogens is 436 g/mol. The second kappa shape index (κ2) is 9.65. The van der Waals surface area contributed by atoms with Gasteiger partial charge >= 0.3 is 0 Å². The van der Waals surface area contributed by atoms with Gasteiger partial charge in [0.05, 0.1) is 17.8 Å². The number of hydrogen-bond acceptors (Lipinski definition) is 5. The van der Waals surface area contributed by atoms with Crippen LogP contribution in [0.3, 0.4) is 0 Å². The Morgan fingerprint density at radius 3 is 2.58 bits per heavy atom. The van der Waals surface area contributed by atoms with Crippen LogP contribution >= 0.6 is 23.8 Å². The fourth-order valence-electron chi connectivity index (χ4n) is 3.02. The van der Waals surface area contributed by atoms with Crippen LogP contribution in [0.1, 0.15) is 18.1 Å². The number of ether oxygens (including phenoxy) is 2. The molecule has 0 unspecified atom stereocenters. The molecule has 1 N–H and O–H groups in total. The van der Waals surface area contributed by atoms with Gasteiger partial charge in [-0.1, -0.05) is 36.6 Å². The molecule has 1 fully saturated rings. The molecule has 0 aliphatic carbocycles. The van der Waals surface area contributed by atoms with Crippen LogP contribution in [0, 0.1) is 12.3 Å². The Bertz CT molecular complexity index is 1120. The molecule has 0 radical (unpaired) electrons. The molecule has 31 heavy (non-hydrogen) atoms. The van der Waals surface area contributed by atoms with E-state index in [1.807, 2.05) is 19.1 Å². The minimum atomic E-state index is -0.598. The Morgan fingerprint density at radius 1 is 1.26 bits per heavy atom. The largest absolute Gasteiger partial charge is 0.493 e. The van der Waals surface area contributed by atoms with Crippen molar-refractivity contribution in [2.75, 3.05) is 18.6 Å². The van der Waals surface area contributed by atoms with E-state index in [-0.39, 0.29) is 28.1 Å². The molecule has 2 aromatic carbocycles. The SMILES string of the molecule is C#CCOc1c(Cl)cc(C=C2C(=O)NC(=S)N(c3ccc(CC)cc3)C2=O)cc1OC. The number of methoxy groups -OCH3 is 1. The number of amides is 2. The standard InChI is InChI=1S/C23H19ClN2O4S/c1-4-10-30-20-18(24)12-15(13-19(20)29-3)11-17-21(27)25-23(31)26(22(17)28)16-8-6-14(5-2)7-9-16/h1,6-9,11-13H,5,10H2,2-3H3,(H,25,27,31). The van der Waals surface area contributed by atoms with E-state index in [1.165, 1.54) is 18.1 Å². The summed E-state index contributed by atoms with van der Waals surface area (Å²) in [5.74, 6) is 1.82. The van der Waals surface area contributed by atoms with E-state index in [2.05, 4.69) is 11.2 Å². The molecule has 1 aliphatic rings. The van der Waals surface area contributed by atoms with Crippen molar-refractivity contribution >= 4 is 52.5 Å².